The Labute approximate surface area is 201 Å². The van der Waals surface area contributed by atoms with Gasteiger partial charge in [0.1, 0.15) is 17.9 Å². The molecule has 0 radical (unpaired) electrons. The fourth-order valence-electron chi connectivity index (χ4n) is 3.45. The van der Waals surface area contributed by atoms with Crippen LogP contribution in [0.2, 0.25) is 0 Å². The SMILES string of the molecule is CCCn1cc(Nc2cc(-c3cnc4cc(C#N)cnn34)ncc2C(=O)NCC(F)C(C)C)cn1. The largest absolute Gasteiger partial charge is 0.352 e. The molecule has 1 atom stereocenters. The maximum atomic E-state index is 14.1. The lowest BCUT2D eigenvalue weighted by Crippen LogP contribution is -2.32. The zero-order chi connectivity index (χ0) is 24.9. The Hall–Kier alpha value is -4.33. The van der Waals surface area contributed by atoms with Gasteiger partial charge in [0.05, 0.1) is 46.8 Å². The number of anilines is 2. The summed E-state index contributed by atoms with van der Waals surface area (Å²) in [6, 6.07) is 5.38. The molecule has 1 unspecified atom stereocenters. The van der Waals surface area contributed by atoms with Crippen molar-refractivity contribution < 1.29 is 9.18 Å². The maximum Gasteiger partial charge on any atom is 0.255 e. The second kappa shape index (κ2) is 10.3. The first-order valence-electron chi connectivity index (χ1n) is 11.4. The minimum Gasteiger partial charge on any atom is -0.352 e. The second-order valence-corrected chi connectivity index (χ2v) is 8.47. The number of carbonyl (C=O) groups excluding carboxylic acids is 1. The van der Waals surface area contributed by atoms with E-state index >= 15 is 0 Å². The number of fused-ring (bicyclic) bond motifs is 1. The standard InChI is InChI=1S/C24H26FN9O/c1-4-5-33-14-17(10-30-33)32-20-7-21(22-13-28-23-6-16(8-26)9-31-34(22)23)27-11-18(20)24(35)29-12-19(25)15(2)3/h6-7,9-11,13-15,19H,4-5,12H2,1-3H3,(H,27,32)(H,29,35). The summed E-state index contributed by atoms with van der Waals surface area (Å²) < 4.78 is 17.5. The smallest absolute Gasteiger partial charge is 0.255 e. The zero-order valence-corrected chi connectivity index (χ0v) is 19.7. The number of imidazole rings is 1. The molecule has 0 aliphatic carbocycles. The highest BCUT2D eigenvalue weighted by Crippen LogP contribution is 2.27. The molecule has 0 saturated heterocycles. The van der Waals surface area contributed by atoms with Crippen LogP contribution in [-0.4, -0.2) is 48.0 Å². The quantitative estimate of drug-likeness (QED) is 0.378. The molecule has 0 bridgehead atoms. The Bertz CT molecular complexity index is 1390. The summed E-state index contributed by atoms with van der Waals surface area (Å²) in [4.78, 5) is 21.7. The van der Waals surface area contributed by atoms with Gasteiger partial charge in [0.15, 0.2) is 5.65 Å². The molecular formula is C24H26FN9O. The summed E-state index contributed by atoms with van der Waals surface area (Å²) in [7, 11) is 0. The van der Waals surface area contributed by atoms with E-state index in [0.717, 1.165) is 13.0 Å². The Morgan fingerprint density at radius 1 is 1.17 bits per heavy atom. The number of aromatic nitrogens is 6. The first-order valence-corrected chi connectivity index (χ1v) is 11.4. The number of halogens is 1. The van der Waals surface area contributed by atoms with Gasteiger partial charge in [0.25, 0.3) is 5.91 Å². The Morgan fingerprint density at radius 3 is 2.74 bits per heavy atom. The number of amides is 1. The number of nitrogens with zero attached hydrogens (tertiary/aromatic N) is 7. The lowest BCUT2D eigenvalue weighted by atomic mass is 10.1. The van der Waals surface area contributed by atoms with Crippen molar-refractivity contribution in [3.8, 4) is 17.5 Å². The highest BCUT2D eigenvalue weighted by molar-refractivity contribution is 6.00. The van der Waals surface area contributed by atoms with Crippen molar-refractivity contribution in [3.05, 3.63) is 54.2 Å². The molecule has 4 rings (SSSR count). The molecule has 4 aromatic rings. The maximum absolute atomic E-state index is 14.1. The molecule has 4 aromatic heterocycles. The number of rotatable bonds is 9. The topological polar surface area (TPSA) is 126 Å². The number of nitrogens with one attached hydrogen (secondary N) is 2. The number of alkyl halides is 1. The Kier molecular flexibility index (Phi) is 7.01. The van der Waals surface area contributed by atoms with E-state index in [1.54, 1.807) is 42.9 Å². The third kappa shape index (κ3) is 5.27. The zero-order valence-electron chi connectivity index (χ0n) is 19.7. The van der Waals surface area contributed by atoms with E-state index in [2.05, 4.69) is 37.7 Å². The van der Waals surface area contributed by atoms with E-state index in [0.29, 0.717) is 34.0 Å². The van der Waals surface area contributed by atoms with Crippen molar-refractivity contribution >= 4 is 22.9 Å². The molecule has 0 fully saturated rings. The predicted molar refractivity (Wildman–Crippen MR) is 129 cm³/mol. The van der Waals surface area contributed by atoms with Gasteiger partial charge in [-0.2, -0.15) is 15.5 Å². The summed E-state index contributed by atoms with van der Waals surface area (Å²) in [6.45, 7) is 6.26. The van der Waals surface area contributed by atoms with Crippen molar-refractivity contribution in [2.45, 2.75) is 39.9 Å². The third-order valence-corrected chi connectivity index (χ3v) is 5.45. The highest BCUT2D eigenvalue weighted by atomic mass is 19.1. The normalized spacial score (nSPS) is 12.0. The summed E-state index contributed by atoms with van der Waals surface area (Å²) in [6.07, 6.45) is 7.79. The van der Waals surface area contributed by atoms with Gasteiger partial charge in [-0.25, -0.2) is 13.9 Å². The third-order valence-electron chi connectivity index (χ3n) is 5.45. The van der Waals surface area contributed by atoms with Gasteiger partial charge >= 0.3 is 0 Å². The van der Waals surface area contributed by atoms with Crippen LogP contribution >= 0.6 is 0 Å². The molecule has 35 heavy (non-hydrogen) atoms. The van der Waals surface area contributed by atoms with Crippen LogP contribution in [0.3, 0.4) is 0 Å². The molecule has 10 nitrogen and oxygen atoms in total. The van der Waals surface area contributed by atoms with Crippen LogP contribution in [-0.2, 0) is 6.54 Å². The average Bonchev–Trinajstić information content (AvgIpc) is 3.48. The first kappa shape index (κ1) is 23.8. The highest BCUT2D eigenvalue weighted by Gasteiger charge is 2.19. The van der Waals surface area contributed by atoms with Crippen LogP contribution in [0.15, 0.2) is 43.1 Å². The fraction of sp³-hybridized carbons (Fsp3) is 0.333. The Balaban J connectivity index is 1.70. The van der Waals surface area contributed by atoms with Crippen LogP contribution in [0, 0.1) is 17.2 Å². The molecule has 0 aliphatic rings. The van der Waals surface area contributed by atoms with E-state index in [-0.39, 0.29) is 18.0 Å². The van der Waals surface area contributed by atoms with Gasteiger partial charge in [-0.1, -0.05) is 20.8 Å². The van der Waals surface area contributed by atoms with Crippen molar-refractivity contribution in [1.29, 1.82) is 5.26 Å². The lowest BCUT2D eigenvalue weighted by Gasteiger charge is -2.15. The molecule has 2 N–H and O–H groups in total. The van der Waals surface area contributed by atoms with Crippen LogP contribution in [0.4, 0.5) is 15.8 Å². The van der Waals surface area contributed by atoms with E-state index in [9.17, 15) is 9.18 Å². The monoisotopic (exact) mass is 475 g/mol. The van der Waals surface area contributed by atoms with Crippen molar-refractivity contribution in [1.82, 2.24) is 34.7 Å². The molecule has 0 aromatic carbocycles. The predicted octanol–water partition coefficient (Wildman–Crippen LogP) is 3.74. The molecule has 4 heterocycles. The molecule has 11 heteroatoms. The summed E-state index contributed by atoms with van der Waals surface area (Å²) in [5.74, 6) is -0.646. The summed E-state index contributed by atoms with van der Waals surface area (Å²) in [5, 5.41) is 23.6. The number of pyridine rings is 1. The second-order valence-electron chi connectivity index (χ2n) is 8.47. The van der Waals surface area contributed by atoms with Crippen molar-refractivity contribution in [2.75, 3.05) is 11.9 Å². The van der Waals surface area contributed by atoms with E-state index in [1.807, 2.05) is 16.9 Å². The Morgan fingerprint density at radius 2 is 2.00 bits per heavy atom. The van der Waals surface area contributed by atoms with Gasteiger partial charge < -0.3 is 10.6 Å². The van der Waals surface area contributed by atoms with Gasteiger partial charge in [-0.05, 0) is 18.4 Å². The summed E-state index contributed by atoms with van der Waals surface area (Å²) >= 11 is 0. The number of hydrogen-bond acceptors (Lipinski definition) is 7. The molecule has 0 spiro atoms. The van der Waals surface area contributed by atoms with Crippen LogP contribution in [0.5, 0.6) is 0 Å². The number of hydrogen-bond donors (Lipinski definition) is 2. The van der Waals surface area contributed by atoms with E-state index in [4.69, 9.17) is 5.26 Å². The molecule has 0 saturated carbocycles. The van der Waals surface area contributed by atoms with Crippen LogP contribution in [0.1, 0.15) is 43.1 Å². The molecule has 1 amide bonds. The van der Waals surface area contributed by atoms with Gasteiger partial charge in [0, 0.05) is 31.5 Å². The number of aryl methyl sites for hydroxylation is 1. The molecule has 180 valence electrons. The molecular weight excluding hydrogens is 449 g/mol. The van der Waals surface area contributed by atoms with Gasteiger partial charge in [-0.3, -0.25) is 14.5 Å². The average molecular weight is 476 g/mol. The molecule has 0 aliphatic heterocycles. The number of nitriles is 1. The minimum absolute atomic E-state index is 0.0927. The number of carbonyl (C=O) groups is 1. The fourth-order valence-corrected chi connectivity index (χ4v) is 3.45. The van der Waals surface area contributed by atoms with Gasteiger partial charge in [0.2, 0.25) is 0 Å². The van der Waals surface area contributed by atoms with Gasteiger partial charge in [-0.15, -0.1) is 0 Å². The van der Waals surface area contributed by atoms with Crippen LogP contribution in [0.25, 0.3) is 17.0 Å². The van der Waals surface area contributed by atoms with Crippen molar-refractivity contribution in [2.24, 2.45) is 5.92 Å². The van der Waals surface area contributed by atoms with E-state index in [1.165, 1.54) is 12.4 Å². The van der Waals surface area contributed by atoms with E-state index < -0.39 is 12.1 Å². The summed E-state index contributed by atoms with van der Waals surface area (Å²) in [5.41, 5.74) is 3.44. The first-order chi connectivity index (χ1) is 16.9. The minimum atomic E-state index is -1.16. The van der Waals surface area contributed by atoms with Crippen LogP contribution < -0.4 is 10.6 Å². The lowest BCUT2D eigenvalue weighted by molar-refractivity contribution is 0.0935. The van der Waals surface area contributed by atoms with Crippen molar-refractivity contribution in [3.63, 3.8) is 0 Å².